The molecule has 0 atom stereocenters. The van der Waals surface area contributed by atoms with Crippen LogP contribution in [-0.4, -0.2) is 17.1 Å². The highest BCUT2D eigenvalue weighted by molar-refractivity contribution is 5.73. The van der Waals surface area contributed by atoms with Crippen molar-refractivity contribution in [3.8, 4) is 0 Å². The molecule has 5 nitrogen and oxygen atoms in total. The standard InChI is InChI=1S/C10H21NO.C2H4O3/c1-2-3-4-5-6-7-8-9-10(11)12;1-2(3)5-4/h2-9H2,1H3,(H2,11,12);4H,1H3. The van der Waals surface area contributed by atoms with E-state index >= 15 is 0 Å². The number of nitrogens with two attached hydrogens (primary N) is 1. The van der Waals surface area contributed by atoms with E-state index in [1.54, 1.807) is 0 Å². The Balaban J connectivity index is 0. The van der Waals surface area contributed by atoms with Crippen molar-refractivity contribution >= 4 is 11.9 Å². The Morgan fingerprint density at radius 1 is 1.06 bits per heavy atom. The molecule has 0 saturated heterocycles. The minimum absolute atomic E-state index is 0.163. The van der Waals surface area contributed by atoms with Gasteiger partial charge in [-0.2, -0.15) is 5.26 Å². The van der Waals surface area contributed by atoms with Gasteiger partial charge < -0.3 is 10.6 Å². The molecule has 0 rings (SSSR count). The maximum absolute atomic E-state index is 10.4. The lowest BCUT2D eigenvalue weighted by Crippen LogP contribution is -2.09. The van der Waals surface area contributed by atoms with E-state index in [4.69, 9.17) is 11.0 Å². The molecule has 3 N–H and O–H groups in total. The van der Waals surface area contributed by atoms with Crippen LogP contribution in [0.4, 0.5) is 0 Å². The van der Waals surface area contributed by atoms with Crippen molar-refractivity contribution < 1.29 is 19.7 Å². The van der Waals surface area contributed by atoms with Crippen molar-refractivity contribution in [2.75, 3.05) is 0 Å². The number of carbonyl (C=O) groups is 2. The Morgan fingerprint density at radius 3 is 1.82 bits per heavy atom. The zero-order chi connectivity index (χ0) is 13.5. The minimum atomic E-state index is -0.690. The molecular weight excluding hydrogens is 222 g/mol. The van der Waals surface area contributed by atoms with E-state index in [0.717, 1.165) is 19.8 Å². The van der Waals surface area contributed by atoms with E-state index in [1.807, 2.05) is 0 Å². The average Bonchev–Trinajstić information content (AvgIpc) is 2.28. The fourth-order valence-electron chi connectivity index (χ4n) is 1.26. The molecule has 0 aromatic rings. The number of primary amides is 1. The molecule has 0 heterocycles. The van der Waals surface area contributed by atoms with Crippen LogP contribution in [0.1, 0.15) is 65.2 Å². The Labute approximate surface area is 103 Å². The molecule has 0 saturated carbocycles. The molecule has 17 heavy (non-hydrogen) atoms. The number of hydrogen-bond acceptors (Lipinski definition) is 4. The van der Waals surface area contributed by atoms with E-state index in [0.29, 0.717) is 6.42 Å². The summed E-state index contributed by atoms with van der Waals surface area (Å²) in [4.78, 5) is 22.8. The molecule has 0 aliphatic rings. The first-order valence-electron chi connectivity index (χ1n) is 6.14. The first-order chi connectivity index (χ1) is 8.04. The number of carbonyl (C=O) groups excluding carboxylic acids is 2. The van der Waals surface area contributed by atoms with Crippen LogP contribution in [0.3, 0.4) is 0 Å². The predicted octanol–water partition coefficient (Wildman–Crippen LogP) is 2.63. The van der Waals surface area contributed by atoms with Crippen molar-refractivity contribution in [1.29, 1.82) is 0 Å². The maximum Gasteiger partial charge on any atom is 0.339 e. The van der Waals surface area contributed by atoms with Crippen LogP contribution in [0.5, 0.6) is 0 Å². The Kier molecular flexibility index (Phi) is 16.0. The summed E-state index contributed by atoms with van der Waals surface area (Å²) in [5, 5.41) is 7.29. The predicted molar refractivity (Wildman–Crippen MR) is 66.2 cm³/mol. The van der Waals surface area contributed by atoms with Gasteiger partial charge in [-0.15, -0.1) is 0 Å². The summed E-state index contributed by atoms with van der Waals surface area (Å²) in [6.07, 6.45) is 9.24. The summed E-state index contributed by atoms with van der Waals surface area (Å²) >= 11 is 0. The van der Waals surface area contributed by atoms with Gasteiger partial charge in [0.2, 0.25) is 5.91 Å². The molecule has 0 aliphatic carbocycles. The third kappa shape index (κ3) is 25.3. The van der Waals surface area contributed by atoms with Gasteiger partial charge in [0.1, 0.15) is 0 Å². The Morgan fingerprint density at radius 2 is 1.47 bits per heavy atom. The van der Waals surface area contributed by atoms with Gasteiger partial charge in [-0.25, -0.2) is 4.79 Å². The Hall–Kier alpha value is -1.10. The maximum atomic E-state index is 10.4. The molecule has 0 fully saturated rings. The second kappa shape index (κ2) is 14.9. The largest absolute Gasteiger partial charge is 0.370 e. The molecule has 0 aromatic heterocycles. The quantitative estimate of drug-likeness (QED) is 0.392. The first kappa shape index (κ1) is 18.3. The Bertz CT molecular complexity index is 195. The fraction of sp³-hybridized carbons (Fsp3) is 0.833. The molecule has 1 amide bonds. The third-order valence-electron chi connectivity index (χ3n) is 2.16. The number of amides is 1. The van der Waals surface area contributed by atoms with Crippen LogP contribution < -0.4 is 5.73 Å². The summed E-state index contributed by atoms with van der Waals surface area (Å²) in [6, 6.07) is 0. The second-order valence-corrected chi connectivity index (χ2v) is 3.92. The molecule has 0 aromatic carbocycles. The zero-order valence-corrected chi connectivity index (χ0v) is 10.9. The summed E-state index contributed by atoms with van der Waals surface area (Å²) < 4.78 is 0. The highest BCUT2D eigenvalue weighted by atomic mass is 17.1. The van der Waals surface area contributed by atoms with Crippen LogP contribution in [0.15, 0.2) is 0 Å². The van der Waals surface area contributed by atoms with Gasteiger partial charge in [-0.05, 0) is 6.42 Å². The van der Waals surface area contributed by atoms with Crippen LogP contribution in [0.2, 0.25) is 0 Å². The van der Waals surface area contributed by atoms with Gasteiger partial charge >= 0.3 is 5.97 Å². The lowest BCUT2D eigenvalue weighted by atomic mass is 10.1. The van der Waals surface area contributed by atoms with Gasteiger partial charge in [-0.3, -0.25) is 4.79 Å². The van der Waals surface area contributed by atoms with Gasteiger partial charge in [0, 0.05) is 13.3 Å². The van der Waals surface area contributed by atoms with Crippen LogP contribution in [0.25, 0.3) is 0 Å². The topological polar surface area (TPSA) is 89.6 Å². The summed E-state index contributed by atoms with van der Waals surface area (Å²) in [5.41, 5.74) is 5.02. The van der Waals surface area contributed by atoms with E-state index in [9.17, 15) is 9.59 Å². The molecule has 5 heteroatoms. The molecule has 0 bridgehead atoms. The van der Waals surface area contributed by atoms with Crippen molar-refractivity contribution in [3.05, 3.63) is 0 Å². The van der Waals surface area contributed by atoms with Crippen LogP contribution >= 0.6 is 0 Å². The molecule has 0 spiro atoms. The van der Waals surface area contributed by atoms with Gasteiger partial charge in [0.15, 0.2) is 0 Å². The summed E-state index contributed by atoms with van der Waals surface area (Å²) in [5.74, 6) is -0.853. The normalized spacial score (nSPS) is 9.12. The lowest BCUT2D eigenvalue weighted by molar-refractivity contribution is -0.231. The van der Waals surface area contributed by atoms with E-state index < -0.39 is 5.97 Å². The first-order valence-corrected chi connectivity index (χ1v) is 6.14. The van der Waals surface area contributed by atoms with Gasteiger partial charge in [-0.1, -0.05) is 45.4 Å². The van der Waals surface area contributed by atoms with E-state index in [2.05, 4.69) is 11.8 Å². The van der Waals surface area contributed by atoms with E-state index in [-0.39, 0.29) is 5.91 Å². The highest BCUT2D eigenvalue weighted by Crippen LogP contribution is 2.07. The molecule has 0 radical (unpaired) electrons. The number of hydrogen-bond donors (Lipinski definition) is 2. The lowest BCUT2D eigenvalue weighted by Gasteiger charge is -1.98. The summed E-state index contributed by atoms with van der Waals surface area (Å²) in [7, 11) is 0. The second-order valence-electron chi connectivity index (χ2n) is 3.92. The highest BCUT2D eigenvalue weighted by Gasteiger charge is 1.94. The van der Waals surface area contributed by atoms with Crippen molar-refractivity contribution in [1.82, 2.24) is 0 Å². The molecular formula is C12H25NO4. The fourth-order valence-corrected chi connectivity index (χ4v) is 1.26. The van der Waals surface area contributed by atoms with Gasteiger partial charge in [0.05, 0.1) is 0 Å². The van der Waals surface area contributed by atoms with Crippen molar-refractivity contribution in [2.24, 2.45) is 5.73 Å². The minimum Gasteiger partial charge on any atom is -0.370 e. The molecule has 102 valence electrons. The van der Waals surface area contributed by atoms with E-state index in [1.165, 1.54) is 32.1 Å². The number of unbranched alkanes of at least 4 members (excludes halogenated alkanes) is 6. The molecule has 0 unspecified atom stereocenters. The van der Waals surface area contributed by atoms with Crippen LogP contribution in [0, 0.1) is 0 Å². The zero-order valence-electron chi connectivity index (χ0n) is 10.9. The SMILES string of the molecule is CC(=O)OO.CCCCCCCCCC(N)=O. The van der Waals surface area contributed by atoms with Crippen LogP contribution in [-0.2, 0) is 14.5 Å². The summed E-state index contributed by atoms with van der Waals surface area (Å²) in [6.45, 7) is 3.33. The van der Waals surface area contributed by atoms with Gasteiger partial charge in [0.25, 0.3) is 0 Å². The smallest absolute Gasteiger partial charge is 0.339 e. The number of rotatable bonds is 8. The monoisotopic (exact) mass is 247 g/mol. The van der Waals surface area contributed by atoms with Crippen molar-refractivity contribution in [2.45, 2.75) is 65.2 Å². The molecule has 0 aliphatic heterocycles. The average molecular weight is 247 g/mol. The third-order valence-corrected chi connectivity index (χ3v) is 2.16. The van der Waals surface area contributed by atoms with Crippen molar-refractivity contribution in [3.63, 3.8) is 0 Å².